The lowest BCUT2D eigenvalue weighted by atomic mass is 10.0. The van der Waals surface area contributed by atoms with E-state index in [9.17, 15) is 18.0 Å². The van der Waals surface area contributed by atoms with Crippen LogP contribution >= 0.6 is 0 Å². The zero-order valence-corrected chi connectivity index (χ0v) is 23.6. The summed E-state index contributed by atoms with van der Waals surface area (Å²) in [5.41, 5.74) is 1.04. The van der Waals surface area contributed by atoms with E-state index in [-0.39, 0.29) is 41.4 Å². The van der Waals surface area contributed by atoms with Crippen LogP contribution in [0.3, 0.4) is 0 Å². The number of benzene rings is 2. The van der Waals surface area contributed by atoms with E-state index in [0.717, 1.165) is 49.7 Å². The number of likely N-dealkylation sites (tertiary alicyclic amines) is 1. The number of anilines is 1. The summed E-state index contributed by atoms with van der Waals surface area (Å²) in [6, 6.07) is 14.3. The molecule has 3 aliphatic rings. The summed E-state index contributed by atoms with van der Waals surface area (Å²) in [6.45, 7) is 2.63. The number of hydrogen-bond acceptors (Lipinski definition) is 7. The third-order valence-electron chi connectivity index (χ3n) is 7.79. The van der Waals surface area contributed by atoms with Crippen molar-refractivity contribution in [3.8, 4) is 5.75 Å². The smallest absolute Gasteiger partial charge is 0.290 e. The molecule has 2 aromatic carbocycles. The second kappa shape index (κ2) is 13.3. The topological polar surface area (TPSA) is 125 Å². The zero-order chi connectivity index (χ0) is 28.7. The molecule has 2 heterocycles. The maximum absolute atomic E-state index is 12.9. The Morgan fingerprint density at radius 1 is 0.975 bits per heavy atom. The van der Waals surface area contributed by atoms with Gasteiger partial charge in [-0.3, -0.25) is 14.4 Å². The van der Waals surface area contributed by atoms with Gasteiger partial charge in [-0.1, -0.05) is 18.9 Å². The van der Waals surface area contributed by atoms with Crippen LogP contribution in [0.2, 0.25) is 0 Å². The Hall–Kier alpha value is -3.44. The summed E-state index contributed by atoms with van der Waals surface area (Å²) in [5.74, 6) is 0.295. The number of piperazine rings is 1. The number of piperidine rings is 1. The normalized spacial score (nSPS) is 19.2. The highest BCUT2D eigenvalue weighted by molar-refractivity contribution is 7.90. The number of nitrogens with zero attached hydrogens (tertiary/aromatic N) is 3. The van der Waals surface area contributed by atoms with Crippen molar-refractivity contribution in [3.05, 3.63) is 54.1 Å². The molecule has 0 unspecified atom stereocenters. The monoisotopic (exact) mass is 571 g/mol. The highest BCUT2D eigenvalue weighted by Crippen LogP contribution is 2.28. The van der Waals surface area contributed by atoms with Crippen LogP contribution in [-0.4, -0.2) is 92.7 Å². The Balaban J connectivity index is 0.00000118. The molecule has 5 rings (SSSR count). The molecule has 1 saturated carbocycles. The van der Waals surface area contributed by atoms with E-state index in [1.54, 1.807) is 17.0 Å². The van der Waals surface area contributed by atoms with E-state index in [0.29, 0.717) is 13.1 Å². The lowest BCUT2D eigenvalue weighted by Gasteiger charge is -2.36. The molecule has 2 aromatic rings. The second-order valence-corrected chi connectivity index (χ2v) is 12.5. The number of carbonyl (C=O) groups is 3. The maximum Gasteiger partial charge on any atom is 0.290 e. The van der Waals surface area contributed by atoms with Crippen molar-refractivity contribution in [2.75, 3.05) is 43.9 Å². The van der Waals surface area contributed by atoms with Crippen LogP contribution in [0.4, 0.5) is 5.69 Å². The number of sulfone groups is 1. The molecular formula is C29H37N3O7S. The molecule has 3 fully saturated rings. The van der Waals surface area contributed by atoms with E-state index in [4.69, 9.17) is 14.6 Å². The zero-order valence-electron chi connectivity index (χ0n) is 22.8. The molecule has 2 aliphatic heterocycles. The average Bonchev–Trinajstić information content (AvgIpc) is 3.49. The van der Waals surface area contributed by atoms with Crippen LogP contribution in [-0.2, 0) is 19.4 Å². The first-order chi connectivity index (χ1) is 19.2. The summed E-state index contributed by atoms with van der Waals surface area (Å²) in [5, 5.41) is 6.89. The fourth-order valence-electron chi connectivity index (χ4n) is 5.69. The van der Waals surface area contributed by atoms with Crippen molar-refractivity contribution in [3.63, 3.8) is 0 Å². The molecule has 2 saturated heterocycles. The lowest BCUT2D eigenvalue weighted by molar-refractivity contribution is -0.123. The molecule has 0 aromatic heterocycles. The first-order valence-electron chi connectivity index (χ1n) is 13.7. The van der Waals surface area contributed by atoms with Crippen LogP contribution in [0.5, 0.6) is 5.75 Å². The quantitative estimate of drug-likeness (QED) is 0.525. The Bertz CT molecular complexity index is 1280. The van der Waals surface area contributed by atoms with Crippen LogP contribution in [0.25, 0.3) is 0 Å². The molecule has 0 spiro atoms. The van der Waals surface area contributed by atoms with Gasteiger partial charge in [-0.05, 0) is 68.1 Å². The van der Waals surface area contributed by atoms with Crippen LogP contribution in [0.1, 0.15) is 48.9 Å². The van der Waals surface area contributed by atoms with Gasteiger partial charge in [0.1, 0.15) is 18.4 Å². The van der Waals surface area contributed by atoms with E-state index in [2.05, 4.69) is 4.90 Å². The Labute approximate surface area is 235 Å². The van der Waals surface area contributed by atoms with Gasteiger partial charge in [-0.2, -0.15) is 0 Å². The van der Waals surface area contributed by atoms with E-state index in [1.807, 2.05) is 24.3 Å². The predicted molar refractivity (Wildman–Crippen MR) is 150 cm³/mol. The number of hydrogen-bond donors (Lipinski definition) is 1. The van der Waals surface area contributed by atoms with Gasteiger partial charge < -0.3 is 24.5 Å². The number of carboxylic acid groups (broad SMARTS) is 1. The predicted octanol–water partition coefficient (Wildman–Crippen LogP) is 3.07. The standard InChI is InChI=1S/C28H35N3O5S.CH2O2/c1-37(34,35)26-8-4-5-21(19-26)28(33)30-17-18-31(27(32)20-30)23-9-11-24(12-10-23)36-25-13-15-29(16-14-25)22-6-2-3-7-22;2-1-3/h4-5,8-12,19,22,25H,2-3,6-7,13-18,20H2,1H3;1H,(H,2,3). The average molecular weight is 572 g/mol. The highest BCUT2D eigenvalue weighted by Gasteiger charge is 2.30. The van der Waals surface area contributed by atoms with Gasteiger partial charge in [-0.25, -0.2) is 8.42 Å². The molecular weight excluding hydrogens is 534 g/mol. The maximum atomic E-state index is 12.9. The summed E-state index contributed by atoms with van der Waals surface area (Å²) in [4.78, 5) is 40.1. The molecule has 10 nitrogen and oxygen atoms in total. The third-order valence-corrected chi connectivity index (χ3v) is 8.90. The number of carbonyl (C=O) groups excluding carboxylic acids is 2. The molecule has 2 amide bonds. The van der Waals surface area contributed by atoms with Gasteiger partial charge >= 0.3 is 0 Å². The van der Waals surface area contributed by atoms with Gasteiger partial charge in [0.05, 0.1) is 4.90 Å². The molecule has 0 atom stereocenters. The SMILES string of the molecule is CS(=O)(=O)c1cccc(C(=O)N2CCN(c3ccc(OC4CCN(C5CCCC5)CC4)cc3)C(=O)C2)c1.O=CO. The fraction of sp³-hybridized carbons (Fsp3) is 0.483. The first kappa shape index (κ1) is 29.5. The van der Waals surface area contributed by atoms with Crippen LogP contribution in [0, 0.1) is 0 Å². The van der Waals surface area contributed by atoms with Crippen molar-refractivity contribution in [1.82, 2.24) is 9.80 Å². The van der Waals surface area contributed by atoms with Gasteiger partial charge in [0.25, 0.3) is 12.4 Å². The summed E-state index contributed by atoms with van der Waals surface area (Å²) >= 11 is 0. The van der Waals surface area contributed by atoms with Crippen molar-refractivity contribution < 1.29 is 32.6 Å². The molecule has 216 valence electrons. The van der Waals surface area contributed by atoms with Crippen LogP contribution in [0.15, 0.2) is 53.4 Å². The van der Waals surface area contributed by atoms with Crippen LogP contribution < -0.4 is 9.64 Å². The van der Waals surface area contributed by atoms with Crippen molar-refractivity contribution in [2.45, 2.75) is 55.6 Å². The Morgan fingerprint density at radius 3 is 2.23 bits per heavy atom. The van der Waals surface area contributed by atoms with Crippen molar-refractivity contribution in [2.24, 2.45) is 0 Å². The fourth-order valence-corrected chi connectivity index (χ4v) is 6.35. The van der Waals surface area contributed by atoms with E-state index >= 15 is 0 Å². The van der Waals surface area contributed by atoms with Gasteiger partial charge in [0.15, 0.2) is 9.84 Å². The van der Waals surface area contributed by atoms with Crippen molar-refractivity contribution >= 4 is 33.8 Å². The molecule has 0 bridgehead atoms. The molecule has 1 N–H and O–H groups in total. The first-order valence-corrected chi connectivity index (χ1v) is 15.6. The summed E-state index contributed by atoms with van der Waals surface area (Å²) in [7, 11) is -3.42. The van der Waals surface area contributed by atoms with E-state index in [1.165, 1.54) is 42.7 Å². The molecule has 40 heavy (non-hydrogen) atoms. The lowest BCUT2D eigenvalue weighted by Crippen LogP contribution is -2.52. The minimum absolute atomic E-state index is 0.0558. The summed E-state index contributed by atoms with van der Waals surface area (Å²) < 4.78 is 29.9. The minimum Gasteiger partial charge on any atom is -0.490 e. The highest BCUT2D eigenvalue weighted by atomic mass is 32.2. The molecule has 0 radical (unpaired) electrons. The number of ether oxygens (including phenoxy) is 1. The Kier molecular flexibility index (Phi) is 9.80. The largest absolute Gasteiger partial charge is 0.490 e. The Morgan fingerprint density at radius 2 is 1.62 bits per heavy atom. The second-order valence-electron chi connectivity index (χ2n) is 10.5. The van der Waals surface area contributed by atoms with Crippen molar-refractivity contribution in [1.29, 1.82) is 0 Å². The molecule has 11 heteroatoms. The summed E-state index contributed by atoms with van der Waals surface area (Å²) in [6.07, 6.45) is 8.81. The number of amides is 2. The minimum atomic E-state index is -3.42. The third kappa shape index (κ3) is 7.39. The van der Waals surface area contributed by atoms with Gasteiger partial charge in [-0.15, -0.1) is 0 Å². The van der Waals surface area contributed by atoms with E-state index < -0.39 is 9.84 Å². The van der Waals surface area contributed by atoms with Gasteiger partial charge in [0.2, 0.25) is 5.91 Å². The van der Waals surface area contributed by atoms with Gasteiger partial charge in [0, 0.05) is 49.7 Å². The number of rotatable bonds is 6. The molecule has 1 aliphatic carbocycles.